The first-order valence-electron chi connectivity index (χ1n) is 8.26. The Morgan fingerprint density at radius 3 is 2.71 bits per heavy atom. The van der Waals surface area contributed by atoms with Gasteiger partial charge in [-0.15, -0.1) is 0 Å². The molecule has 1 saturated carbocycles. The molecule has 2 nitrogen and oxygen atoms in total. The van der Waals surface area contributed by atoms with Gasteiger partial charge in [0.05, 0.1) is 12.7 Å². The van der Waals surface area contributed by atoms with Crippen molar-refractivity contribution in [1.82, 2.24) is 0 Å². The molecule has 0 unspecified atom stereocenters. The second kappa shape index (κ2) is 9.01. The Hall–Kier alpha value is -1.12. The third-order valence-electron chi connectivity index (χ3n) is 4.52. The Balaban J connectivity index is 1.91. The van der Waals surface area contributed by atoms with E-state index in [-0.39, 0.29) is 0 Å². The average molecular weight is 288 g/mol. The third-order valence-corrected chi connectivity index (χ3v) is 4.52. The minimum Gasteiger partial charge on any atom is -0.396 e. The van der Waals surface area contributed by atoms with Crippen LogP contribution in [0.2, 0.25) is 0 Å². The number of hydrogen-bond acceptors (Lipinski definition) is 2. The van der Waals surface area contributed by atoms with Gasteiger partial charge in [0.1, 0.15) is 0 Å². The van der Waals surface area contributed by atoms with Gasteiger partial charge in [-0.3, -0.25) is 0 Å². The van der Waals surface area contributed by atoms with Gasteiger partial charge in [0, 0.05) is 6.61 Å². The molecule has 1 aromatic carbocycles. The van der Waals surface area contributed by atoms with Crippen LogP contribution in [0.15, 0.2) is 42.5 Å². The number of benzene rings is 1. The molecule has 0 aliphatic heterocycles. The highest BCUT2D eigenvalue weighted by atomic mass is 16.5. The SMILES string of the molecule is CC/C=C\C[C@H]1[C@@H](CCO)CC[C@H]1OCc1ccccc1. The van der Waals surface area contributed by atoms with Gasteiger partial charge in [0.25, 0.3) is 0 Å². The molecule has 0 radical (unpaired) electrons. The normalized spacial score (nSPS) is 25.7. The van der Waals surface area contributed by atoms with Crippen LogP contribution in [0, 0.1) is 11.8 Å². The molecule has 116 valence electrons. The summed E-state index contributed by atoms with van der Waals surface area (Å²) in [5.74, 6) is 1.17. The molecular weight excluding hydrogens is 260 g/mol. The van der Waals surface area contributed by atoms with Crippen LogP contribution in [-0.4, -0.2) is 17.8 Å². The van der Waals surface area contributed by atoms with Gasteiger partial charge >= 0.3 is 0 Å². The summed E-state index contributed by atoms with van der Waals surface area (Å²) < 4.78 is 6.19. The van der Waals surface area contributed by atoms with Crippen LogP contribution in [-0.2, 0) is 11.3 Å². The molecule has 1 aliphatic carbocycles. The first-order valence-corrected chi connectivity index (χ1v) is 8.26. The van der Waals surface area contributed by atoms with Crippen LogP contribution in [0.3, 0.4) is 0 Å². The molecule has 0 spiro atoms. The highest BCUT2D eigenvalue weighted by Crippen LogP contribution is 2.39. The highest BCUT2D eigenvalue weighted by Gasteiger charge is 2.35. The lowest BCUT2D eigenvalue weighted by molar-refractivity contribution is 0.00784. The molecule has 1 fully saturated rings. The fourth-order valence-corrected chi connectivity index (χ4v) is 3.38. The number of aliphatic hydroxyl groups is 1. The Kier molecular flexibility index (Phi) is 6.98. The van der Waals surface area contributed by atoms with E-state index in [9.17, 15) is 5.11 Å². The minimum absolute atomic E-state index is 0.296. The Labute approximate surface area is 128 Å². The molecule has 3 atom stereocenters. The summed E-state index contributed by atoms with van der Waals surface area (Å²) in [5.41, 5.74) is 1.24. The van der Waals surface area contributed by atoms with E-state index >= 15 is 0 Å². The second-order valence-electron chi connectivity index (χ2n) is 5.96. The molecule has 1 aromatic rings. The van der Waals surface area contributed by atoms with Gasteiger partial charge < -0.3 is 9.84 Å². The molecule has 0 saturated heterocycles. The van der Waals surface area contributed by atoms with Crippen LogP contribution in [0.5, 0.6) is 0 Å². The fourth-order valence-electron chi connectivity index (χ4n) is 3.38. The number of hydrogen-bond donors (Lipinski definition) is 1. The standard InChI is InChI=1S/C19H28O2/c1-2-3-5-10-18-17(13-14-20)11-12-19(18)21-15-16-8-6-4-7-9-16/h3-9,17-20H,2,10-15H2,1H3/b5-3-/t17-,18+,19-/m1/s1. The molecule has 1 aliphatic rings. The van der Waals surface area contributed by atoms with Crippen molar-refractivity contribution in [3.05, 3.63) is 48.0 Å². The van der Waals surface area contributed by atoms with E-state index in [1.54, 1.807) is 0 Å². The second-order valence-corrected chi connectivity index (χ2v) is 5.96. The van der Waals surface area contributed by atoms with E-state index in [2.05, 4.69) is 43.3 Å². The summed E-state index contributed by atoms with van der Waals surface area (Å²) in [6.45, 7) is 3.16. The number of ether oxygens (including phenoxy) is 1. The largest absolute Gasteiger partial charge is 0.396 e. The summed E-state index contributed by atoms with van der Waals surface area (Å²) in [7, 11) is 0. The van der Waals surface area contributed by atoms with Crippen molar-refractivity contribution in [1.29, 1.82) is 0 Å². The van der Waals surface area contributed by atoms with Gasteiger partial charge in [0.15, 0.2) is 0 Å². The maximum atomic E-state index is 9.25. The molecule has 0 heterocycles. The molecule has 21 heavy (non-hydrogen) atoms. The van der Waals surface area contributed by atoms with Gasteiger partial charge in [-0.2, -0.15) is 0 Å². The Bertz CT molecular complexity index is 413. The Morgan fingerprint density at radius 2 is 2.00 bits per heavy atom. The number of rotatable bonds is 8. The van der Waals surface area contributed by atoms with Crippen LogP contribution >= 0.6 is 0 Å². The summed E-state index contributed by atoms with van der Waals surface area (Å²) in [5, 5.41) is 9.25. The van der Waals surface area contributed by atoms with Crippen molar-refractivity contribution in [3.63, 3.8) is 0 Å². The molecule has 1 N–H and O–H groups in total. The number of aliphatic hydroxyl groups excluding tert-OH is 1. The third kappa shape index (κ3) is 4.98. The van der Waals surface area contributed by atoms with Crippen molar-refractivity contribution in [2.75, 3.05) is 6.61 Å². The van der Waals surface area contributed by atoms with Gasteiger partial charge in [-0.1, -0.05) is 49.4 Å². The summed E-state index contributed by atoms with van der Waals surface area (Å²) in [6.07, 6.45) is 10.3. The zero-order valence-electron chi connectivity index (χ0n) is 13.1. The van der Waals surface area contributed by atoms with Gasteiger partial charge in [-0.05, 0) is 49.5 Å². The minimum atomic E-state index is 0.296. The lowest BCUT2D eigenvalue weighted by Crippen LogP contribution is -2.22. The van der Waals surface area contributed by atoms with Crippen LogP contribution in [0.4, 0.5) is 0 Å². The maximum Gasteiger partial charge on any atom is 0.0720 e. The lowest BCUT2D eigenvalue weighted by Gasteiger charge is -2.24. The predicted molar refractivity (Wildman–Crippen MR) is 87.0 cm³/mol. The van der Waals surface area contributed by atoms with Crippen molar-refractivity contribution in [2.24, 2.45) is 11.8 Å². The molecule has 0 amide bonds. The summed E-state index contributed by atoms with van der Waals surface area (Å²) in [6, 6.07) is 10.4. The van der Waals surface area contributed by atoms with E-state index < -0.39 is 0 Å². The number of allylic oxidation sites excluding steroid dienone is 2. The quantitative estimate of drug-likeness (QED) is 0.721. The van der Waals surface area contributed by atoms with E-state index in [0.717, 1.165) is 25.7 Å². The first-order chi connectivity index (χ1) is 10.3. The topological polar surface area (TPSA) is 29.5 Å². The van der Waals surface area contributed by atoms with Crippen LogP contribution < -0.4 is 0 Å². The fraction of sp³-hybridized carbons (Fsp3) is 0.579. The molecule has 2 heteroatoms. The van der Waals surface area contributed by atoms with E-state index in [1.165, 1.54) is 12.0 Å². The maximum absolute atomic E-state index is 9.25. The molecule has 2 rings (SSSR count). The van der Waals surface area contributed by atoms with Crippen molar-refractivity contribution >= 4 is 0 Å². The van der Waals surface area contributed by atoms with Crippen molar-refractivity contribution in [2.45, 2.75) is 51.7 Å². The van der Waals surface area contributed by atoms with E-state index in [1.807, 2.05) is 6.07 Å². The monoisotopic (exact) mass is 288 g/mol. The Morgan fingerprint density at radius 1 is 1.19 bits per heavy atom. The lowest BCUT2D eigenvalue weighted by atomic mass is 9.89. The predicted octanol–water partition coefficient (Wildman–Crippen LogP) is 4.34. The van der Waals surface area contributed by atoms with Crippen molar-refractivity contribution in [3.8, 4) is 0 Å². The zero-order chi connectivity index (χ0) is 14.9. The average Bonchev–Trinajstić information content (AvgIpc) is 2.89. The molecular formula is C19H28O2. The van der Waals surface area contributed by atoms with Gasteiger partial charge in [-0.25, -0.2) is 0 Å². The smallest absolute Gasteiger partial charge is 0.0720 e. The molecule has 0 aromatic heterocycles. The van der Waals surface area contributed by atoms with Gasteiger partial charge in [0.2, 0.25) is 0 Å². The van der Waals surface area contributed by atoms with E-state index in [4.69, 9.17) is 4.74 Å². The van der Waals surface area contributed by atoms with Crippen molar-refractivity contribution < 1.29 is 9.84 Å². The van der Waals surface area contributed by atoms with Crippen LogP contribution in [0.25, 0.3) is 0 Å². The highest BCUT2D eigenvalue weighted by molar-refractivity contribution is 5.13. The van der Waals surface area contributed by atoms with Crippen LogP contribution in [0.1, 0.15) is 44.6 Å². The summed E-state index contributed by atoms with van der Waals surface area (Å²) in [4.78, 5) is 0. The molecule has 0 bridgehead atoms. The van der Waals surface area contributed by atoms with E-state index in [0.29, 0.717) is 31.2 Å². The first kappa shape index (κ1) is 16.3. The summed E-state index contributed by atoms with van der Waals surface area (Å²) >= 11 is 0. The zero-order valence-corrected chi connectivity index (χ0v) is 13.1.